The standard InChI is InChI=1S/C19H22F2N2OS/c1-11(16-14(20)9-6-10-15(16)21)17-12(2)18(24)23-19(22-17)25-13-7-4-3-5-8-13/h6,9-11,13H,3-5,7-8H2,1-2H3,(H,22,23,24)/t11-/m0/s1. The van der Waals surface area contributed by atoms with Crippen molar-refractivity contribution in [1.82, 2.24) is 9.97 Å². The molecule has 1 aliphatic carbocycles. The molecule has 25 heavy (non-hydrogen) atoms. The van der Waals surface area contributed by atoms with Crippen LogP contribution in [0.3, 0.4) is 0 Å². The van der Waals surface area contributed by atoms with Crippen molar-refractivity contribution in [3.63, 3.8) is 0 Å². The molecule has 3 nitrogen and oxygen atoms in total. The van der Waals surface area contributed by atoms with E-state index in [2.05, 4.69) is 9.97 Å². The van der Waals surface area contributed by atoms with Crippen LogP contribution in [0.25, 0.3) is 0 Å². The van der Waals surface area contributed by atoms with Gasteiger partial charge in [-0.05, 0) is 31.9 Å². The number of nitrogens with one attached hydrogen (secondary N) is 1. The van der Waals surface area contributed by atoms with Crippen molar-refractivity contribution in [3.05, 3.63) is 57.0 Å². The van der Waals surface area contributed by atoms with E-state index in [9.17, 15) is 13.6 Å². The highest BCUT2D eigenvalue weighted by atomic mass is 32.2. The minimum absolute atomic E-state index is 0.0442. The van der Waals surface area contributed by atoms with Gasteiger partial charge in [-0.3, -0.25) is 4.79 Å². The van der Waals surface area contributed by atoms with Gasteiger partial charge in [0.25, 0.3) is 5.56 Å². The van der Waals surface area contributed by atoms with Crippen molar-refractivity contribution in [2.75, 3.05) is 0 Å². The van der Waals surface area contributed by atoms with E-state index < -0.39 is 17.6 Å². The molecule has 1 heterocycles. The van der Waals surface area contributed by atoms with Gasteiger partial charge in [-0.2, -0.15) is 0 Å². The van der Waals surface area contributed by atoms with Crippen LogP contribution in [0.2, 0.25) is 0 Å². The molecule has 1 fully saturated rings. The lowest BCUT2D eigenvalue weighted by Crippen LogP contribution is -2.20. The molecule has 6 heteroatoms. The van der Waals surface area contributed by atoms with Gasteiger partial charge in [0.05, 0.1) is 5.69 Å². The van der Waals surface area contributed by atoms with E-state index in [4.69, 9.17) is 0 Å². The Morgan fingerprint density at radius 3 is 2.48 bits per heavy atom. The van der Waals surface area contributed by atoms with Crippen LogP contribution in [-0.4, -0.2) is 15.2 Å². The molecule has 0 spiro atoms. The second-order valence-corrected chi connectivity index (χ2v) is 7.91. The Labute approximate surface area is 150 Å². The van der Waals surface area contributed by atoms with E-state index in [1.165, 1.54) is 37.5 Å². The second-order valence-electron chi connectivity index (χ2n) is 6.62. The highest BCUT2D eigenvalue weighted by Gasteiger charge is 2.23. The van der Waals surface area contributed by atoms with E-state index in [1.54, 1.807) is 25.6 Å². The number of H-pyrrole nitrogens is 1. The molecule has 0 aliphatic heterocycles. The first kappa shape index (κ1) is 18.1. The molecular formula is C19H22F2N2OS. The zero-order valence-electron chi connectivity index (χ0n) is 14.4. The van der Waals surface area contributed by atoms with Crippen LogP contribution in [-0.2, 0) is 0 Å². The summed E-state index contributed by atoms with van der Waals surface area (Å²) in [5.41, 5.74) is 0.554. The highest BCUT2D eigenvalue weighted by Crippen LogP contribution is 2.33. The Hall–Kier alpha value is -1.69. The van der Waals surface area contributed by atoms with Gasteiger partial charge in [0, 0.05) is 22.3 Å². The average Bonchev–Trinajstić information content (AvgIpc) is 2.58. The molecule has 2 aromatic rings. The van der Waals surface area contributed by atoms with Crippen LogP contribution in [0.1, 0.15) is 61.8 Å². The summed E-state index contributed by atoms with van der Waals surface area (Å²) >= 11 is 1.57. The molecule has 0 unspecified atom stereocenters. The van der Waals surface area contributed by atoms with Gasteiger partial charge >= 0.3 is 0 Å². The topological polar surface area (TPSA) is 45.8 Å². The maximum absolute atomic E-state index is 14.1. The average molecular weight is 364 g/mol. The summed E-state index contributed by atoms with van der Waals surface area (Å²) in [6.07, 6.45) is 5.85. The molecule has 1 saturated carbocycles. The van der Waals surface area contributed by atoms with Crippen molar-refractivity contribution in [3.8, 4) is 0 Å². The number of hydrogen-bond acceptors (Lipinski definition) is 3. The fraction of sp³-hybridized carbons (Fsp3) is 0.474. The molecule has 1 aromatic heterocycles. The van der Waals surface area contributed by atoms with E-state index in [1.807, 2.05) is 0 Å². The van der Waals surface area contributed by atoms with Crippen molar-refractivity contribution in [1.29, 1.82) is 0 Å². The molecule has 0 radical (unpaired) electrons. The molecule has 1 atom stereocenters. The number of aromatic amines is 1. The van der Waals surface area contributed by atoms with Crippen molar-refractivity contribution < 1.29 is 8.78 Å². The summed E-state index contributed by atoms with van der Waals surface area (Å²) in [6, 6.07) is 3.80. The summed E-state index contributed by atoms with van der Waals surface area (Å²) in [6.45, 7) is 3.33. The number of nitrogens with zero attached hydrogens (tertiary/aromatic N) is 1. The predicted octanol–water partition coefficient (Wildman–Crippen LogP) is 4.93. The van der Waals surface area contributed by atoms with Gasteiger partial charge in [-0.1, -0.05) is 44.0 Å². The van der Waals surface area contributed by atoms with Crippen molar-refractivity contribution >= 4 is 11.8 Å². The number of benzene rings is 1. The van der Waals surface area contributed by atoms with Gasteiger partial charge < -0.3 is 4.98 Å². The van der Waals surface area contributed by atoms with Gasteiger partial charge in [-0.25, -0.2) is 13.8 Å². The van der Waals surface area contributed by atoms with E-state index in [-0.39, 0.29) is 11.1 Å². The second kappa shape index (κ2) is 7.68. The van der Waals surface area contributed by atoms with Crippen LogP contribution >= 0.6 is 11.8 Å². The smallest absolute Gasteiger partial charge is 0.254 e. The minimum Gasteiger partial charge on any atom is -0.301 e. The van der Waals surface area contributed by atoms with Crippen LogP contribution in [0.4, 0.5) is 8.78 Å². The SMILES string of the molecule is Cc1c([C@@H](C)c2c(F)cccc2F)nc(SC2CCCCC2)[nH]c1=O. The van der Waals surface area contributed by atoms with Crippen LogP contribution < -0.4 is 5.56 Å². The molecule has 0 amide bonds. The molecule has 0 saturated heterocycles. The van der Waals surface area contributed by atoms with Gasteiger partial charge in [0.15, 0.2) is 5.16 Å². The normalized spacial score (nSPS) is 16.8. The Morgan fingerprint density at radius 1 is 1.20 bits per heavy atom. The Morgan fingerprint density at radius 2 is 1.84 bits per heavy atom. The van der Waals surface area contributed by atoms with Crippen LogP contribution in [0.5, 0.6) is 0 Å². The first-order valence-corrected chi connectivity index (χ1v) is 9.56. The van der Waals surface area contributed by atoms with Crippen molar-refractivity contribution in [2.24, 2.45) is 0 Å². The molecule has 1 aromatic carbocycles. The fourth-order valence-electron chi connectivity index (χ4n) is 3.41. The predicted molar refractivity (Wildman–Crippen MR) is 96.2 cm³/mol. The summed E-state index contributed by atoms with van der Waals surface area (Å²) in [5.74, 6) is -1.86. The third-order valence-corrected chi connectivity index (χ3v) is 6.06. The molecule has 0 bridgehead atoms. The molecule has 134 valence electrons. The lowest BCUT2D eigenvalue weighted by molar-refractivity contribution is 0.515. The first-order chi connectivity index (χ1) is 12.0. The quantitative estimate of drug-likeness (QED) is 0.782. The molecular weight excluding hydrogens is 342 g/mol. The van der Waals surface area contributed by atoms with Crippen molar-refractivity contribution in [2.45, 2.75) is 62.3 Å². The van der Waals surface area contributed by atoms with Gasteiger partial charge in [0.1, 0.15) is 11.6 Å². The third kappa shape index (κ3) is 3.94. The monoisotopic (exact) mass is 364 g/mol. The number of rotatable bonds is 4. The van der Waals surface area contributed by atoms with E-state index in [0.29, 0.717) is 21.7 Å². The lowest BCUT2D eigenvalue weighted by atomic mass is 9.94. The number of aromatic nitrogens is 2. The van der Waals surface area contributed by atoms with E-state index >= 15 is 0 Å². The number of thioether (sulfide) groups is 1. The number of halogens is 2. The third-order valence-electron chi connectivity index (χ3n) is 4.84. The zero-order valence-corrected chi connectivity index (χ0v) is 15.3. The maximum Gasteiger partial charge on any atom is 0.254 e. The van der Waals surface area contributed by atoms with Crippen LogP contribution in [0, 0.1) is 18.6 Å². The first-order valence-electron chi connectivity index (χ1n) is 8.68. The van der Waals surface area contributed by atoms with E-state index in [0.717, 1.165) is 12.8 Å². The highest BCUT2D eigenvalue weighted by molar-refractivity contribution is 7.99. The Balaban J connectivity index is 1.96. The summed E-state index contributed by atoms with van der Waals surface area (Å²) in [7, 11) is 0. The maximum atomic E-state index is 14.1. The lowest BCUT2D eigenvalue weighted by Gasteiger charge is -2.21. The van der Waals surface area contributed by atoms with Gasteiger partial charge in [0.2, 0.25) is 0 Å². The molecule has 1 aliphatic rings. The molecule has 1 N–H and O–H groups in total. The zero-order chi connectivity index (χ0) is 18.0. The summed E-state index contributed by atoms with van der Waals surface area (Å²) in [5, 5.41) is 0.981. The number of hydrogen-bond donors (Lipinski definition) is 1. The summed E-state index contributed by atoms with van der Waals surface area (Å²) < 4.78 is 28.3. The van der Waals surface area contributed by atoms with Crippen LogP contribution in [0.15, 0.2) is 28.2 Å². The largest absolute Gasteiger partial charge is 0.301 e. The molecule has 3 rings (SSSR count). The Bertz CT molecular complexity index is 795. The minimum atomic E-state index is -0.630. The van der Waals surface area contributed by atoms with Gasteiger partial charge in [-0.15, -0.1) is 0 Å². The Kier molecular flexibility index (Phi) is 5.57. The summed E-state index contributed by atoms with van der Waals surface area (Å²) in [4.78, 5) is 19.7. The fourth-order valence-corrected chi connectivity index (χ4v) is 4.60.